The van der Waals surface area contributed by atoms with Crippen LogP contribution in [-0.2, 0) is 23.3 Å². The van der Waals surface area contributed by atoms with E-state index in [9.17, 15) is 4.79 Å². The highest BCUT2D eigenvalue weighted by Gasteiger charge is 2.30. The Morgan fingerprint density at radius 3 is 2.62 bits per heavy atom. The van der Waals surface area contributed by atoms with Gasteiger partial charge in [-0.15, -0.1) is 0 Å². The molecule has 1 aromatic carbocycles. The third kappa shape index (κ3) is 2.71. The van der Waals surface area contributed by atoms with Crippen molar-refractivity contribution in [1.82, 2.24) is 10.2 Å². The van der Waals surface area contributed by atoms with Gasteiger partial charge < -0.3 is 10.2 Å². The van der Waals surface area contributed by atoms with Crippen LogP contribution in [0, 0.1) is 0 Å². The van der Waals surface area contributed by atoms with Crippen LogP contribution in [-0.4, -0.2) is 17.4 Å². The first-order chi connectivity index (χ1) is 9.86. The number of fused-ring (bicyclic) bond motifs is 1. The molecule has 1 aromatic rings. The SMILES string of the molecule is CC(=O)N1Cc2cc(C(C)(C)C)cc([C@@H]3CCCN3)c2C1. The number of amides is 1. The molecule has 0 radical (unpaired) electrons. The number of nitrogens with one attached hydrogen (secondary N) is 1. The minimum atomic E-state index is 0.145. The summed E-state index contributed by atoms with van der Waals surface area (Å²) in [6.07, 6.45) is 2.45. The third-order valence-electron chi connectivity index (χ3n) is 4.83. The van der Waals surface area contributed by atoms with Crippen molar-refractivity contribution in [3.63, 3.8) is 0 Å². The van der Waals surface area contributed by atoms with Crippen molar-refractivity contribution in [2.45, 2.75) is 65.1 Å². The summed E-state index contributed by atoms with van der Waals surface area (Å²) in [5.74, 6) is 0.175. The van der Waals surface area contributed by atoms with Crippen molar-refractivity contribution < 1.29 is 4.79 Å². The molecule has 3 nitrogen and oxygen atoms in total. The number of benzene rings is 1. The molecule has 114 valence electrons. The Morgan fingerprint density at radius 2 is 2.05 bits per heavy atom. The van der Waals surface area contributed by atoms with Gasteiger partial charge in [0.05, 0.1) is 0 Å². The predicted molar refractivity (Wildman–Crippen MR) is 85.0 cm³/mol. The van der Waals surface area contributed by atoms with E-state index < -0.39 is 0 Å². The fraction of sp³-hybridized carbons (Fsp3) is 0.611. The zero-order valence-electron chi connectivity index (χ0n) is 13.6. The summed E-state index contributed by atoms with van der Waals surface area (Å²) in [5.41, 5.74) is 5.69. The molecule has 1 amide bonds. The summed E-state index contributed by atoms with van der Waals surface area (Å²) in [5, 5.41) is 3.62. The molecule has 0 saturated carbocycles. The minimum Gasteiger partial charge on any atom is -0.334 e. The van der Waals surface area contributed by atoms with Gasteiger partial charge in [0.15, 0.2) is 0 Å². The molecule has 0 spiro atoms. The molecule has 1 N–H and O–H groups in total. The van der Waals surface area contributed by atoms with Crippen LogP contribution in [0.1, 0.15) is 68.8 Å². The lowest BCUT2D eigenvalue weighted by Gasteiger charge is -2.24. The van der Waals surface area contributed by atoms with Gasteiger partial charge in [0.2, 0.25) is 5.91 Å². The Morgan fingerprint density at radius 1 is 1.29 bits per heavy atom. The van der Waals surface area contributed by atoms with Crippen molar-refractivity contribution in [2.24, 2.45) is 0 Å². The molecule has 3 heteroatoms. The molecule has 2 heterocycles. The molecule has 21 heavy (non-hydrogen) atoms. The normalized spacial score (nSPS) is 21.7. The summed E-state index contributed by atoms with van der Waals surface area (Å²) in [6, 6.07) is 5.16. The van der Waals surface area contributed by atoms with Crippen LogP contribution in [0.4, 0.5) is 0 Å². The molecule has 1 saturated heterocycles. The maximum Gasteiger partial charge on any atom is 0.220 e. The van der Waals surface area contributed by atoms with E-state index >= 15 is 0 Å². The Hall–Kier alpha value is -1.35. The number of hydrogen-bond acceptors (Lipinski definition) is 2. The van der Waals surface area contributed by atoms with Gasteiger partial charge in [-0.3, -0.25) is 4.79 Å². The first-order valence-corrected chi connectivity index (χ1v) is 8.01. The molecular weight excluding hydrogens is 260 g/mol. The summed E-state index contributed by atoms with van der Waals surface area (Å²) < 4.78 is 0. The summed E-state index contributed by atoms with van der Waals surface area (Å²) in [7, 11) is 0. The van der Waals surface area contributed by atoms with E-state index in [0.29, 0.717) is 6.04 Å². The number of carbonyl (C=O) groups excluding carboxylic acids is 1. The fourth-order valence-electron chi connectivity index (χ4n) is 3.46. The first kappa shape index (κ1) is 14.6. The average Bonchev–Trinajstić information content (AvgIpc) is 3.05. The largest absolute Gasteiger partial charge is 0.334 e. The summed E-state index contributed by atoms with van der Waals surface area (Å²) in [4.78, 5) is 13.7. The number of hydrogen-bond donors (Lipinski definition) is 1. The van der Waals surface area contributed by atoms with Gasteiger partial charge >= 0.3 is 0 Å². The van der Waals surface area contributed by atoms with Crippen LogP contribution < -0.4 is 5.32 Å². The van der Waals surface area contributed by atoms with Gasteiger partial charge in [0.25, 0.3) is 0 Å². The summed E-state index contributed by atoms with van der Waals surface area (Å²) in [6.45, 7) is 11.1. The van der Waals surface area contributed by atoms with E-state index in [1.165, 1.54) is 35.1 Å². The van der Waals surface area contributed by atoms with Gasteiger partial charge in [-0.25, -0.2) is 0 Å². The Balaban J connectivity index is 2.06. The van der Waals surface area contributed by atoms with E-state index in [2.05, 4.69) is 38.2 Å². The van der Waals surface area contributed by atoms with Crippen molar-refractivity contribution >= 4 is 5.91 Å². The van der Waals surface area contributed by atoms with E-state index in [4.69, 9.17) is 0 Å². The Labute approximate surface area is 127 Å². The lowest BCUT2D eigenvalue weighted by molar-refractivity contribution is -0.129. The highest BCUT2D eigenvalue weighted by atomic mass is 16.2. The first-order valence-electron chi connectivity index (χ1n) is 8.01. The highest BCUT2D eigenvalue weighted by molar-refractivity contribution is 5.74. The molecule has 1 fully saturated rings. The van der Waals surface area contributed by atoms with E-state index in [0.717, 1.165) is 19.6 Å². The van der Waals surface area contributed by atoms with Crippen LogP contribution in [0.25, 0.3) is 0 Å². The molecule has 0 aliphatic carbocycles. The molecule has 2 aliphatic heterocycles. The molecule has 0 aromatic heterocycles. The second kappa shape index (κ2) is 5.13. The summed E-state index contributed by atoms with van der Waals surface area (Å²) >= 11 is 0. The van der Waals surface area contributed by atoms with Crippen molar-refractivity contribution in [3.8, 4) is 0 Å². The van der Waals surface area contributed by atoms with E-state index in [-0.39, 0.29) is 11.3 Å². The molecule has 1 atom stereocenters. The van der Waals surface area contributed by atoms with Crippen molar-refractivity contribution in [3.05, 3.63) is 34.4 Å². The predicted octanol–water partition coefficient (Wildman–Crippen LogP) is 3.27. The smallest absolute Gasteiger partial charge is 0.220 e. The van der Waals surface area contributed by atoms with E-state index in [1.54, 1.807) is 6.92 Å². The Bertz CT molecular complexity index is 565. The second-order valence-electron chi connectivity index (χ2n) is 7.48. The zero-order chi connectivity index (χ0) is 15.2. The molecule has 2 aliphatic rings. The standard InChI is InChI=1S/C18H26N2O/c1-12(21)20-10-13-8-14(18(2,3)4)9-15(16(13)11-20)17-6-5-7-19-17/h8-9,17,19H,5-7,10-11H2,1-4H3/t17-/m0/s1. The average molecular weight is 286 g/mol. The van der Waals surface area contributed by atoms with Crippen molar-refractivity contribution in [1.29, 1.82) is 0 Å². The van der Waals surface area contributed by atoms with Gasteiger partial charge in [-0.2, -0.15) is 0 Å². The number of carbonyl (C=O) groups is 1. The maximum absolute atomic E-state index is 11.7. The quantitative estimate of drug-likeness (QED) is 0.859. The number of nitrogens with zero attached hydrogens (tertiary/aromatic N) is 1. The highest BCUT2D eigenvalue weighted by Crippen LogP contribution is 2.37. The van der Waals surface area contributed by atoms with Crippen LogP contribution in [0.2, 0.25) is 0 Å². The van der Waals surface area contributed by atoms with Crippen molar-refractivity contribution in [2.75, 3.05) is 6.54 Å². The van der Waals surface area contributed by atoms with Gasteiger partial charge in [-0.05, 0) is 47.1 Å². The molecule has 0 unspecified atom stereocenters. The number of rotatable bonds is 1. The van der Waals surface area contributed by atoms with E-state index in [1.807, 2.05) is 4.90 Å². The molecule has 0 bridgehead atoms. The zero-order valence-corrected chi connectivity index (χ0v) is 13.6. The monoisotopic (exact) mass is 286 g/mol. The maximum atomic E-state index is 11.7. The van der Waals surface area contributed by atoms with Crippen LogP contribution in [0.5, 0.6) is 0 Å². The third-order valence-corrected chi connectivity index (χ3v) is 4.83. The van der Waals surface area contributed by atoms with Gasteiger partial charge in [0, 0.05) is 26.1 Å². The van der Waals surface area contributed by atoms with Gasteiger partial charge in [0.1, 0.15) is 0 Å². The second-order valence-corrected chi connectivity index (χ2v) is 7.48. The molecule has 3 rings (SSSR count). The topological polar surface area (TPSA) is 32.3 Å². The lowest BCUT2D eigenvalue weighted by Crippen LogP contribution is -2.22. The molecular formula is C18H26N2O. The minimum absolute atomic E-state index is 0.145. The fourth-order valence-corrected chi connectivity index (χ4v) is 3.46. The van der Waals surface area contributed by atoms with Crippen LogP contribution in [0.3, 0.4) is 0 Å². The van der Waals surface area contributed by atoms with Crippen LogP contribution >= 0.6 is 0 Å². The Kier molecular flexibility index (Phi) is 3.56. The lowest BCUT2D eigenvalue weighted by atomic mass is 9.82. The van der Waals surface area contributed by atoms with Gasteiger partial charge in [-0.1, -0.05) is 32.9 Å². The van der Waals surface area contributed by atoms with Crippen LogP contribution in [0.15, 0.2) is 12.1 Å².